The third-order valence-electron chi connectivity index (χ3n) is 4.19. The fourth-order valence-corrected chi connectivity index (χ4v) is 3.01. The lowest BCUT2D eigenvalue weighted by Gasteiger charge is -2.26. The van der Waals surface area contributed by atoms with Gasteiger partial charge in [-0.2, -0.15) is 5.10 Å². The SMILES string of the molecule is CC(C)(c1cccc(F)c1)c1n[nH]c2c1CCCC2. The van der Waals surface area contributed by atoms with E-state index in [9.17, 15) is 4.39 Å². The Morgan fingerprint density at radius 3 is 2.79 bits per heavy atom. The molecule has 0 saturated heterocycles. The first-order valence-electron chi connectivity index (χ1n) is 6.91. The van der Waals surface area contributed by atoms with Crippen LogP contribution in [0.1, 0.15) is 49.2 Å². The van der Waals surface area contributed by atoms with Gasteiger partial charge in [0.1, 0.15) is 5.82 Å². The number of nitrogens with one attached hydrogen (secondary N) is 1. The molecule has 2 nitrogen and oxygen atoms in total. The maximum Gasteiger partial charge on any atom is 0.123 e. The van der Waals surface area contributed by atoms with Crippen molar-refractivity contribution < 1.29 is 4.39 Å². The molecule has 0 unspecified atom stereocenters. The Bertz CT molecular complexity index is 599. The van der Waals surface area contributed by atoms with E-state index in [0.717, 1.165) is 24.1 Å². The predicted molar refractivity (Wildman–Crippen MR) is 73.8 cm³/mol. The van der Waals surface area contributed by atoms with E-state index in [-0.39, 0.29) is 11.2 Å². The molecule has 3 rings (SSSR count). The van der Waals surface area contributed by atoms with Gasteiger partial charge < -0.3 is 0 Å². The maximum absolute atomic E-state index is 13.5. The van der Waals surface area contributed by atoms with Gasteiger partial charge in [0, 0.05) is 11.1 Å². The quantitative estimate of drug-likeness (QED) is 0.873. The molecule has 0 aliphatic heterocycles. The highest BCUT2D eigenvalue weighted by molar-refractivity contribution is 5.40. The van der Waals surface area contributed by atoms with Crippen LogP contribution in [0.15, 0.2) is 24.3 Å². The Morgan fingerprint density at radius 1 is 1.21 bits per heavy atom. The highest BCUT2D eigenvalue weighted by atomic mass is 19.1. The van der Waals surface area contributed by atoms with E-state index >= 15 is 0 Å². The van der Waals surface area contributed by atoms with Crippen LogP contribution in [0.5, 0.6) is 0 Å². The van der Waals surface area contributed by atoms with Gasteiger partial charge in [0.05, 0.1) is 5.69 Å². The molecular weight excluding hydrogens is 239 g/mol. The molecule has 1 aromatic carbocycles. The zero-order chi connectivity index (χ0) is 13.5. The van der Waals surface area contributed by atoms with Crippen molar-refractivity contribution in [1.82, 2.24) is 10.2 Å². The minimum absolute atomic E-state index is 0.185. The number of rotatable bonds is 2. The summed E-state index contributed by atoms with van der Waals surface area (Å²) >= 11 is 0. The summed E-state index contributed by atoms with van der Waals surface area (Å²) in [4.78, 5) is 0. The Hall–Kier alpha value is -1.64. The van der Waals surface area contributed by atoms with E-state index in [0.29, 0.717) is 0 Å². The zero-order valence-corrected chi connectivity index (χ0v) is 11.5. The summed E-state index contributed by atoms with van der Waals surface area (Å²) in [5.74, 6) is -0.185. The number of H-pyrrole nitrogens is 1. The van der Waals surface area contributed by atoms with Gasteiger partial charge in [0.15, 0.2) is 0 Å². The molecule has 1 aliphatic rings. The van der Waals surface area contributed by atoms with Crippen LogP contribution in [0.2, 0.25) is 0 Å². The smallest absolute Gasteiger partial charge is 0.123 e. The number of halogens is 1. The van der Waals surface area contributed by atoms with Crippen molar-refractivity contribution >= 4 is 0 Å². The van der Waals surface area contributed by atoms with Gasteiger partial charge in [-0.1, -0.05) is 26.0 Å². The monoisotopic (exact) mass is 258 g/mol. The molecule has 0 atom stereocenters. The highest BCUT2D eigenvalue weighted by Gasteiger charge is 2.31. The Kier molecular flexibility index (Phi) is 2.92. The topological polar surface area (TPSA) is 28.7 Å². The van der Waals surface area contributed by atoms with Crippen molar-refractivity contribution in [2.24, 2.45) is 0 Å². The minimum atomic E-state index is -0.260. The molecule has 1 heterocycles. The van der Waals surface area contributed by atoms with E-state index in [1.807, 2.05) is 6.07 Å². The largest absolute Gasteiger partial charge is 0.282 e. The molecule has 0 spiro atoms. The van der Waals surface area contributed by atoms with Crippen LogP contribution in [0.25, 0.3) is 0 Å². The number of benzene rings is 1. The lowest BCUT2D eigenvalue weighted by Crippen LogP contribution is -2.22. The molecule has 0 amide bonds. The van der Waals surface area contributed by atoms with E-state index in [1.54, 1.807) is 12.1 Å². The number of hydrogen-bond acceptors (Lipinski definition) is 1. The first-order valence-corrected chi connectivity index (χ1v) is 6.91. The third kappa shape index (κ3) is 2.07. The number of aromatic nitrogens is 2. The van der Waals surface area contributed by atoms with Crippen LogP contribution in [0.3, 0.4) is 0 Å². The lowest BCUT2D eigenvalue weighted by molar-refractivity contribution is 0.580. The van der Waals surface area contributed by atoms with Crippen LogP contribution >= 0.6 is 0 Å². The number of fused-ring (bicyclic) bond motifs is 1. The van der Waals surface area contributed by atoms with Crippen molar-refractivity contribution in [3.8, 4) is 0 Å². The second kappa shape index (κ2) is 4.48. The second-order valence-electron chi connectivity index (χ2n) is 5.87. The molecule has 1 aromatic heterocycles. The summed E-state index contributed by atoms with van der Waals surface area (Å²) in [6.45, 7) is 4.24. The molecule has 0 radical (unpaired) electrons. The van der Waals surface area contributed by atoms with E-state index in [2.05, 4.69) is 24.0 Å². The van der Waals surface area contributed by atoms with Crippen LogP contribution in [0, 0.1) is 5.82 Å². The second-order valence-corrected chi connectivity index (χ2v) is 5.87. The van der Waals surface area contributed by atoms with Crippen LogP contribution in [-0.2, 0) is 18.3 Å². The van der Waals surface area contributed by atoms with Crippen LogP contribution < -0.4 is 0 Å². The third-order valence-corrected chi connectivity index (χ3v) is 4.19. The van der Waals surface area contributed by atoms with E-state index < -0.39 is 0 Å². The standard InChI is InChI=1S/C16H19FN2/c1-16(2,11-6-5-7-12(17)10-11)15-13-8-3-4-9-14(13)18-19-15/h5-7,10H,3-4,8-9H2,1-2H3,(H,18,19). The lowest BCUT2D eigenvalue weighted by atomic mass is 9.78. The molecule has 100 valence electrons. The minimum Gasteiger partial charge on any atom is -0.282 e. The number of hydrogen-bond donors (Lipinski definition) is 1. The number of aryl methyl sites for hydroxylation is 1. The summed E-state index contributed by atoms with van der Waals surface area (Å²) in [7, 11) is 0. The van der Waals surface area contributed by atoms with Crippen LogP contribution in [0.4, 0.5) is 4.39 Å². The normalized spacial score (nSPS) is 15.3. The molecule has 3 heteroatoms. The zero-order valence-electron chi connectivity index (χ0n) is 11.5. The van der Waals surface area contributed by atoms with E-state index in [4.69, 9.17) is 0 Å². The van der Waals surface area contributed by atoms with Gasteiger partial charge in [0.25, 0.3) is 0 Å². The van der Waals surface area contributed by atoms with Crippen molar-refractivity contribution in [3.63, 3.8) is 0 Å². The summed E-state index contributed by atoms with van der Waals surface area (Å²) in [5.41, 5.74) is 4.41. The van der Waals surface area contributed by atoms with Crippen LogP contribution in [-0.4, -0.2) is 10.2 Å². The first kappa shape index (κ1) is 12.4. The van der Waals surface area contributed by atoms with Crippen molar-refractivity contribution in [1.29, 1.82) is 0 Å². The van der Waals surface area contributed by atoms with Gasteiger partial charge in [-0.3, -0.25) is 5.10 Å². The van der Waals surface area contributed by atoms with Gasteiger partial charge in [-0.15, -0.1) is 0 Å². The maximum atomic E-state index is 13.5. The fraction of sp³-hybridized carbons (Fsp3) is 0.438. The Labute approximate surface area is 113 Å². The summed E-state index contributed by atoms with van der Waals surface area (Å²) in [5, 5.41) is 7.70. The number of aromatic amines is 1. The number of nitrogens with zero attached hydrogens (tertiary/aromatic N) is 1. The van der Waals surface area contributed by atoms with Gasteiger partial charge >= 0.3 is 0 Å². The predicted octanol–water partition coefficient (Wildman–Crippen LogP) is 3.75. The molecule has 0 fully saturated rings. The summed E-state index contributed by atoms with van der Waals surface area (Å²) < 4.78 is 13.5. The average Bonchev–Trinajstić information content (AvgIpc) is 2.83. The van der Waals surface area contributed by atoms with Gasteiger partial charge in [-0.25, -0.2) is 4.39 Å². The summed E-state index contributed by atoms with van der Waals surface area (Å²) in [6, 6.07) is 6.85. The molecule has 0 bridgehead atoms. The Balaban J connectivity index is 2.07. The highest BCUT2D eigenvalue weighted by Crippen LogP contribution is 2.35. The molecule has 2 aromatic rings. The average molecular weight is 258 g/mol. The molecule has 1 aliphatic carbocycles. The van der Waals surface area contributed by atoms with Crippen molar-refractivity contribution in [2.75, 3.05) is 0 Å². The van der Waals surface area contributed by atoms with Crippen molar-refractivity contribution in [3.05, 3.63) is 52.6 Å². The molecular formula is C16H19FN2. The van der Waals surface area contributed by atoms with E-state index in [1.165, 1.54) is 30.2 Å². The van der Waals surface area contributed by atoms with Gasteiger partial charge in [-0.05, 0) is 48.9 Å². The molecule has 0 saturated carbocycles. The first-order chi connectivity index (χ1) is 9.09. The summed E-state index contributed by atoms with van der Waals surface area (Å²) in [6.07, 6.45) is 4.62. The van der Waals surface area contributed by atoms with Crippen molar-refractivity contribution in [2.45, 2.75) is 44.9 Å². The van der Waals surface area contributed by atoms with Gasteiger partial charge in [0.2, 0.25) is 0 Å². The fourth-order valence-electron chi connectivity index (χ4n) is 3.01. The molecule has 1 N–H and O–H groups in total. The Morgan fingerprint density at radius 2 is 2.00 bits per heavy atom. The molecule has 19 heavy (non-hydrogen) atoms.